The van der Waals surface area contributed by atoms with Crippen molar-refractivity contribution in [1.82, 2.24) is 10.8 Å². The minimum Gasteiger partial charge on any atom is -0.369 e. The van der Waals surface area contributed by atoms with Crippen molar-refractivity contribution in [1.29, 1.82) is 0 Å². The van der Waals surface area contributed by atoms with Crippen LogP contribution in [0.3, 0.4) is 0 Å². The second-order valence-corrected chi connectivity index (χ2v) is 6.05. The van der Waals surface area contributed by atoms with Gasteiger partial charge in [-0.3, -0.25) is 20.3 Å². The summed E-state index contributed by atoms with van der Waals surface area (Å²) in [6.07, 6.45) is 3.44. The maximum absolute atomic E-state index is 12.0. The first kappa shape index (κ1) is 18.5. The van der Waals surface area contributed by atoms with E-state index in [0.717, 1.165) is 50.4 Å². The molecule has 1 saturated heterocycles. The van der Waals surface area contributed by atoms with E-state index in [-0.39, 0.29) is 0 Å². The molecule has 0 spiro atoms. The molecule has 1 aliphatic heterocycles. The van der Waals surface area contributed by atoms with Crippen LogP contribution in [-0.4, -0.2) is 44.4 Å². The van der Waals surface area contributed by atoms with E-state index in [1.165, 1.54) is 13.5 Å². The van der Waals surface area contributed by atoms with Crippen molar-refractivity contribution in [2.24, 2.45) is 5.92 Å². The van der Waals surface area contributed by atoms with Crippen LogP contribution in [0.2, 0.25) is 0 Å². The van der Waals surface area contributed by atoms with E-state index in [1.807, 2.05) is 6.07 Å². The third-order valence-corrected chi connectivity index (χ3v) is 4.41. The minimum absolute atomic E-state index is 0.438. The highest BCUT2D eigenvalue weighted by Gasteiger charge is 2.27. The van der Waals surface area contributed by atoms with Crippen LogP contribution < -0.4 is 21.2 Å². The summed E-state index contributed by atoms with van der Waals surface area (Å²) < 4.78 is 0. The Morgan fingerprint density at radius 1 is 1.46 bits per heavy atom. The van der Waals surface area contributed by atoms with Crippen molar-refractivity contribution >= 4 is 17.3 Å². The van der Waals surface area contributed by atoms with E-state index >= 15 is 0 Å². The van der Waals surface area contributed by atoms with Crippen molar-refractivity contribution in [3.63, 3.8) is 0 Å². The van der Waals surface area contributed by atoms with Gasteiger partial charge >= 0.3 is 0 Å². The van der Waals surface area contributed by atoms with Gasteiger partial charge in [0.2, 0.25) is 0 Å². The first-order chi connectivity index (χ1) is 11.7. The molecule has 1 amide bonds. The lowest BCUT2D eigenvalue weighted by molar-refractivity contribution is 0.0707. The van der Waals surface area contributed by atoms with Gasteiger partial charge in [-0.25, -0.2) is 5.48 Å². The van der Waals surface area contributed by atoms with E-state index in [2.05, 4.69) is 22.6 Å². The Kier molecular flexibility index (Phi) is 7.30. The smallest absolute Gasteiger partial charge is 0.276 e. The molecule has 0 aliphatic carbocycles. The Balaban J connectivity index is 2.11. The number of benzene rings is 1. The molecule has 1 aromatic carbocycles. The zero-order valence-corrected chi connectivity index (χ0v) is 14.5. The van der Waals surface area contributed by atoms with Gasteiger partial charge in [-0.2, -0.15) is 0 Å². The number of hydrogen-bond acceptors (Lipinski definition) is 6. The molecule has 7 nitrogen and oxygen atoms in total. The highest BCUT2D eigenvalue weighted by atomic mass is 16.6. The number of carbonyl (C=O) groups excluding carboxylic acids is 1. The molecular weight excluding hydrogens is 308 g/mol. The van der Waals surface area contributed by atoms with Crippen LogP contribution in [0.4, 0.5) is 11.4 Å². The third-order valence-electron chi connectivity index (χ3n) is 4.41. The SMILES string of the molecule is CCNCCCC1CCN(c2c(NOC)cccc2C(=O)NO)C1. The van der Waals surface area contributed by atoms with Crippen LogP contribution in [0.15, 0.2) is 18.2 Å². The van der Waals surface area contributed by atoms with E-state index in [1.54, 1.807) is 17.6 Å². The summed E-state index contributed by atoms with van der Waals surface area (Å²) >= 11 is 0. The van der Waals surface area contributed by atoms with Crippen LogP contribution in [0.5, 0.6) is 0 Å². The van der Waals surface area contributed by atoms with Crippen LogP contribution in [0.1, 0.15) is 36.5 Å². The maximum atomic E-state index is 12.0. The molecule has 0 radical (unpaired) electrons. The summed E-state index contributed by atoms with van der Waals surface area (Å²) in [5.74, 6) is 0.102. The van der Waals surface area contributed by atoms with E-state index in [4.69, 9.17) is 10.0 Å². The first-order valence-corrected chi connectivity index (χ1v) is 8.53. The van der Waals surface area contributed by atoms with Crippen molar-refractivity contribution in [2.45, 2.75) is 26.2 Å². The van der Waals surface area contributed by atoms with Crippen LogP contribution in [0, 0.1) is 5.92 Å². The molecule has 4 N–H and O–H groups in total. The summed E-state index contributed by atoms with van der Waals surface area (Å²) in [5, 5.41) is 12.4. The lowest BCUT2D eigenvalue weighted by Crippen LogP contribution is -2.27. The number of amides is 1. The quantitative estimate of drug-likeness (QED) is 0.313. The van der Waals surface area contributed by atoms with Gasteiger partial charge in [-0.05, 0) is 50.4 Å². The Morgan fingerprint density at radius 3 is 3.00 bits per heavy atom. The van der Waals surface area contributed by atoms with Gasteiger partial charge < -0.3 is 10.2 Å². The third kappa shape index (κ3) is 4.59. The van der Waals surface area contributed by atoms with Gasteiger partial charge in [0.25, 0.3) is 5.91 Å². The summed E-state index contributed by atoms with van der Waals surface area (Å²) in [4.78, 5) is 19.2. The number of hydroxylamine groups is 1. The Morgan fingerprint density at radius 2 is 2.29 bits per heavy atom. The van der Waals surface area contributed by atoms with Crippen molar-refractivity contribution in [3.05, 3.63) is 23.8 Å². The Bertz CT molecular complexity index is 539. The van der Waals surface area contributed by atoms with Crippen molar-refractivity contribution in [2.75, 3.05) is 43.7 Å². The van der Waals surface area contributed by atoms with Crippen LogP contribution >= 0.6 is 0 Å². The average Bonchev–Trinajstić information content (AvgIpc) is 3.06. The van der Waals surface area contributed by atoms with Gasteiger partial charge in [0.15, 0.2) is 0 Å². The molecule has 1 unspecified atom stereocenters. The number of anilines is 2. The molecule has 0 bridgehead atoms. The van der Waals surface area contributed by atoms with Crippen molar-refractivity contribution < 1.29 is 14.8 Å². The fourth-order valence-electron chi connectivity index (χ4n) is 3.28. The maximum Gasteiger partial charge on any atom is 0.276 e. The zero-order valence-electron chi connectivity index (χ0n) is 14.5. The predicted molar refractivity (Wildman–Crippen MR) is 94.4 cm³/mol. The number of nitrogens with zero attached hydrogens (tertiary/aromatic N) is 1. The largest absolute Gasteiger partial charge is 0.369 e. The number of hydrogen-bond donors (Lipinski definition) is 4. The molecule has 0 aromatic heterocycles. The van der Waals surface area contributed by atoms with Gasteiger partial charge in [-0.15, -0.1) is 0 Å². The van der Waals surface area contributed by atoms with E-state index in [0.29, 0.717) is 11.5 Å². The summed E-state index contributed by atoms with van der Waals surface area (Å²) in [6, 6.07) is 5.34. The molecule has 1 heterocycles. The lowest BCUT2D eigenvalue weighted by Gasteiger charge is -2.24. The number of nitrogens with one attached hydrogen (secondary N) is 3. The zero-order chi connectivity index (χ0) is 17.4. The van der Waals surface area contributed by atoms with Crippen molar-refractivity contribution in [3.8, 4) is 0 Å². The first-order valence-electron chi connectivity index (χ1n) is 8.53. The normalized spacial score (nSPS) is 17.1. The Labute approximate surface area is 143 Å². The standard InChI is InChI=1S/C17H28N4O3/c1-3-18-10-5-6-13-9-11-21(12-13)16-14(17(22)19-23)7-4-8-15(16)20-24-2/h4,7-8,13,18,20,23H,3,5-6,9-12H2,1-2H3,(H,19,22). The predicted octanol–water partition coefficient (Wildman–Crippen LogP) is 1.99. The van der Waals surface area contributed by atoms with Gasteiger partial charge in [-0.1, -0.05) is 13.0 Å². The molecule has 0 saturated carbocycles. The molecule has 1 aromatic rings. The van der Waals surface area contributed by atoms with E-state index in [9.17, 15) is 4.79 Å². The molecule has 1 atom stereocenters. The lowest BCUT2D eigenvalue weighted by atomic mass is 10.0. The molecule has 24 heavy (non-hydrogen) atoms. The number of carbonyl (C=O) groups is 1. The van der Waals surface area contributed by atoms with Gasteiger partial charge in [0.1, 0.15) is 0 Å². The summed E-state index contributed by atoms with van der Waals surface area (Å²) in [7, 11) is 1.54. The van der Waals surface area contributed by atoms with Gasteiger partial charge in [0, 0.05) is 13.1 Å². The monoisotopic (exact) mass is 336 g/mol. The van der Waals surface area contributed by atoms with E-state index < -0.39 is 5.91 Å². The molecule has 7 heteroatoms. The molecule has 1 aliphatic rings. The van der Waals surface area contributed by atoms with Gasteiger partial charge in [0.05, 0.1) is 24.0 Å². The summed E-state index contributed by atoms with van der Waals surface area (Å²) in [5.41, 5.74) is 6.51. The second-order valence-electron chi connectivity index (χ2n) is 6.05. The molecule has 134 valence electrons. The van der Waals surface area contributed by atoms with Crippen LogP contribution in [0.25, 0.3) is 0 Å². The summed E-state index contributed by atoms with van der Waals surface area (Å²) in [6.45, 7) is 5.96. The second kappa shape index (κ2) is 9.46. The highest BCUT2D eigenvalue weighted by molar-refractivity contribution is 6.02. The minimum atomic E-state index is -0.514. The highest BCUT2D eigenvalue weighted by Crippen LogP contribution is 2.35. The fraction of sp³-hybridized carbons (Fsp3) is 0.588. The van der Waals surface area contributed by atoms with Crippen LogP contribution in [-0.2, 0) is 4.84 Å². The average molecular weight is 336 g/mol. The molecular formula is C17H28N4O3. The fourth-order valence-corrected chi connectivity index (χ4v) is 3.28. The molecule has 2 rings (SSSR count). The molecule has 1 fully saturated rings. The number of para-hydroxylation sites is 1. The topological polar surface area (TPSA) is 85.9 Å². The number of rotatable bonds is 9. The Hall–Kier alpha value is -1.83.